The topological polar surface area (TPSA) is 42.1 Å². The quantitative estimate of drug-likeness (QED) is 0.720. The van der Waals surface area contributed by atoms with Crippen molar-refractivity contribution in [3.8, 4) is 11.3 Å². The van der Waals surface area contributed by atoms with Crippen LogP contribution < -0.4 is 0 Å². The fourth-order valence-electron chi connectivity index (χ4n) is 2.51. The minimum absolute atomic E-state index is 0.314. The van der Waals surface area contributed by atoms with Gasteiger partial charge in [0, 0.05) is 10.9 Å². The predicted octanol–water partition coefficient (Wildman–Crippen LogP) is 4.07. The molecule has 0 fully saturated rings. The number of fused-ring (bicyclic) bond motifs is 1. The van der Waals surface area contributed by atoms with Crippen LogP contribution in [0.15, 0.2) is 42.5 Å². The number of carbonyl (C=O) groups excluding carboxylic acids is 1. The van der Waals surface area contributed by atoms with Crippen LogP contribution in [0.5, 0.6) is 0 Å². The summed E-state index contributed by atoms with van der Waals surface area (Å²) in [6.45, 7) is 1.97. The molecule has 4 heteroatoms. The lowest BCUT2D eigenvalue weighted by atomic mass is 10.0. The first-order chi connectivity index (χ1) is 10.1. The van der Waals surface area contributed by atoms with E-state index in [0.29, 0.717) is 11.3 Å². The maximum absolute atomic E-state index is 13.1. The van der Waals surface area contributed by atoms with E-state index in [2.05, 4.69) is 4.98 Å². The van der Waals surface area contributed by atoms with Crippen LogP contribution in [0.4, 0.5) is 4.39 Å². The van der Waals surface area contributed by atoms with Crippen LogP contribution >= 0.6 is 0 Å². The highest BCUT2D eigenvalue weighted by atomic mass is 19.1. The summed E-state index contributed by atoms with van der Waals surface area (Å²) in [5.74, 6) is -0.725. The number of aromatic amines is 1. The number of halogens is 1. The van der Waals surface area contributed by atoms with Crippen molar-refractivity contribution in [3.05, 3.63) is 59.4 Å². The number of aromatic nitrogens is 1. The number of hydrogen-bond donors (Lipinski definition) is 1. The highest BCUT2D eigenvalue weighted by Crippen LogP contribution is 2.32. The molecule has 1 N–H and O–H groups in total. The van der Waals surface area contributed by atoms with E-state index < -0.39 is 5.97 Å². The Bertz CT molecular complexity index is 819. The van der Waals surface area contributed by atoms with Gasteiger partial charge in [-0.2, -0.15) is 0 Å². The van der Waals surface area contributed by atoms with Crippen LogP contribution in [-0.2, 0) is 4.74 Å². The molecule has 1 heterocycles. The maximum atomic E-state index is 13.1. The van der Waals surface area contributed by atoms with Gasteiger partial charge < -0.3 is 9.72 Å². The first-order valence-electron chi connectivity index (χ1n) is 6.57. The smallest absolute Gasteiger partial charge is 0.340 e. The van der Waals surface area contributed by atoms with Crippen molar-refractivity contribution >= 4 is 16.9 Å². The fraction of sp³-hybridized carbons (Fsp3) is 0.118. The molecule has 21 heavy (non-hydrogen) atoms. The molecule has 0 atom stereocenters. The van der Waals surface area contributed by atoms with Crippen molar-refractivity contribution in [1.29, 1.82) is 0 Å². The van der Waals surface area contributed by atoms with Gasteiger partial charge in [0.25, 0.3) is 0 Å². The normalized spacial score (nSPS) is 10.8. The molecule has 2 aromatic carbocycles. The Labute approximate surface area is 121 Å². The second kappa shape index (κ2) is 5.05. The second-order valence-electron chi connectivity index (χ2n) is 4.87. The molecule has 0 aliphatic carbocycles. The number of nitrogens with one attached hydrogen (secondary N) is 1. The van der Waals surface area contributed by atoms with E-state index in [1.807, 2.05) is 25.1 Å². The van der Waals surface area contributed by atoms with Gasteiger partial charge in [-0.25, -0.2) is 9.18 Å². The Kier molecular flexibility index (Phi) is 3.22. The zero-order chi connectivity index (χ0) is 15.0. The summed E-state index contributed by atoms with van der Waals surface area (Å²) in [7, 11) is 1.35. The lowest BCUT2D eigenvalue weighted by Crippen LogP contribution is -2.02. The Morgan fingerprint density at radius 3 is 2.52 bits per heavy atom. The molecule has 0 unspecified atom stereocenters. The van der Waals surface area contributed by atoms with Gasteiger partial charge in [-0.05, 0) is 42.3 Å². The van der Waals surface area contributed by atoms with Crippen molar-refractivity contribution in [2.24, 2.45) is 0 Å². The summed E-state index contributed by atoms with van der Waals surface area (Å²) < 4.78 is 18.0. The van der Waals surface area contributed by atoms with Gasteiger partial charge in [-0.15, -0.1) is 0 Å². The largest absolute Gasteiger partial charge is 0.465 e. The van der Waals surface area contributed by atoms with Gasteiger partial charge >= 0.3 is 5.97 Å². The van der Waals surface area contributed by atoms with E-state index >= 15 is 0 Å². The predicted molar refractivity (Wildman–Crippen MR) is 79.8 cm³/mol. The van der Waals surface area contributed by atoms with E-state index in [-0.39, 0.29) is 5.82 Å². The molecule has 0 amide bonds. The number of para-hydroxylation sites is 1. The van der Waals surface area contributed by atoms with Crippen molar-refractivity contribution in [3.63, 3.8) is 0 Å². The van der Waals surface area contributed by atoms with Crippen molar-refractivity contribution in [2.75, 3.05) is 7.11 Å². The average Bonchev–Trinajstić information content (AvgIpc) is 2.88. The number of ether oxygens (including phenoxy) is 1. The maximum Gasteiger partial charge on any atom is 0.340 e. The number of esters is 1. The van der Waals surface area contributed by atoms with E-state index in [1.54, 1.807) is 12.1 Å². The van der Waals surface area contributed by atoms with Crippen molar-refractivity contribution in [1.82, 2.24) is 4.98 Å². The third-order valence-electron chi connectivity index (χ3n) is 3.56. The molecule has 106 valence electrons. The van der Waals surface area contributed by atoms with E-state index in [0.717, 1.165) is 22.0 Å². The molecule has 0 aliphatic heterocycles. The number of aryl methyl sites for hydroxylation is 1. The van der Waals surface area contributed by atoms with E-state index in [1.165, 1.54) is 19.2 Å². The zero-order valence-corrected chi connectivity index (χ0v) is 11.7. The molecule has 0 radical (unpaired) electrons. The molecule has 0 aliphatic rings. The summed E-state index contributed by atoms with van der Waals surface area (Å²) in [6.07, 6.45) is 0. The Morgan fingerprint density at radius 1 is 1.14 bits per heavy atom. The molecule has 3 nitrogen and oxygen atoms in total. The first kappa shape index (κ1) is 13.4. The van der Waals surface area contributed by atoms with E-state index in [9.17, 15) is 9.18 Å². The van der Waals surface area contributed by atoms with Crippen LogP contribution in [-0.4, -0.2) is 18.1 Å². The van der Waals surface area contributed by atoms with Crippen LogP contribution in [0, 0.1) is 12.7 Å². The Balaban J connectivity index is 2.33. The number of methoxy groups -OCH3 is 1. The van der Waals surface area contributed by atoms with Gasteiger partial charge in [0.15, 0.2) is 0 Å². The highest BCUT2D eigenvalue weighted by Gasteiger charge is 2.20. The lowest BCUT2D eigenvalue weighted by molar-refractivity contribution is 0.0604. The molecule has 1 aromatic heterocycles. The van der Waals surface area contributed by atoms with E-state index in [4.69, 9.17) is 4.74 Å². The Hall–Kier alpha value is -2.62. The molecular weight excluding hydrogens is 269 g/mol. The standard InChI is InChI=1S/C17H14FNO2/c1-10-4-3-5-13-14(17(20)21-2)16(19-15(10)13)11-6-8-12(18)9-7-11/h3-9,19H,1-2H3. The number of benzene rings is 2. The summed E-state index contributed by atoms with van der Waals surface area (Å²) in [6, 6.07) is 11.8. The second-order valence-corrected chi connectivity index (χ2v) is 4.87. The number of carbonyl (C=O) groups is 1. The molecule has 0 spiro atoms. The third kappa shape index (κ3) is 2.18. The molecule has 0 saturated heterocycles. The summed E-state index contributed by atoms with van der Waals surface area (Å²) in [5.41, 5.74) is 3.78. The summed E-state index contributed by atoms with van der Waals surface area (Å²) in [4.78, 5) is 15.4. The number of H-pyrrole nitrogens is 1. The van der Waals surface area contributed by atoms with Crippen LogP contribution in [0.2, 0.25) is 0 Å². The minimum Gasteiger partial charge on any atom is -0.465 e. The van der Waals surface area contributed by atoms with Gasteiger partial charge in [-0.1, -0.05) is 18.2 Å². The monoisotopic (exact) mass is 283 g/mol. The number of rotatable bonds is 2. The summed E-state index contributed by atoms with van der Waals surface area (Å²) >= 11 is 0. The average molecular weight is 283 g/mol. The van der Waals surface area contributed by atoms with Crippen LogP contribution in [0.25, 0.3) is 22.2 Å². The van der Waals surface area contributed by atoms with Crippen molar-refractivity contribution in [2.45, 2.75) is 6.92 Å². The van der Waals surface area contributed by atoms with Gasteiger partial charge in [0.2, 0.25) is 0 Å². The molecule has 0 saturated carbocycles. The SMILES string of the molecule is COC(=O)c1c(-c2ccc(F)cc2)[nH]c2c(C)cccc12. The third-order valence-corrected chi connectivity index (χ3v) is 3.56. The van der Waals surface area contributed by atoms with Gasteiger partial charge in [-0.3, -0.25) is 0 Å². The van der Waals surface area contributed by atoms with Crippen LogP contribution in [0.1, 0.15) is 15.9 Å². The lowest BCUT2D eigenvalue weighted by Gasteiger charge is -2.03. The molecule has 0 bridgehead atoms. The van der Waals surface area contributed by atoms with Gasteiger partial charge in [0.05, 0.1) is 18.4 Å². The zero-order valence-electron chi connectivity index (χ0n) is 11.7. The molecule has 3 aromatic rings. The summed E-state index contributed by atoms with van der Waals surface area (Å²) in [5, 5.41) is 0.807. The van der Waals surface area contributed by atoms with Crippen molar-refractivity contribution < 1.29 is 13.9 Å². The van der Waals surface area contributed by atoms with Gasteiger partial charge in [0.1, 0.15) is 5.82 Å². The number of hydrogen-bond acceptors (Lipinski definition) is 2. The Morgan fingerprint density at radius 2 is 1.86 bits per heavy atom. The minimum atomic E-state index is -0.411. The van der Waals surface area contributed by atoms with Crippen LogP contribution in [0.3, 0.4) is 0 Å². The molecular formula is C17H14FNO2. The molecule has 3 rings (SSSR count). The fourth-order valence-corrected chi connectivity index (χ4v) is 2.51. The highest BCUT2D eigenvalue weighted by molar-refractivity contribution is 6.10. The first-order valence-corrected chi connectivity index (χ1v) is 6.57.